The van der Waals surface area contributed by atoms with Gasteiger partial charge in [-0.25, -0.2) is 4.98 Å². The molecule has 0 amide bonds. The normalized spacial score (nSPS) is 10.6. The summed E-state index contributed by atoms with van der Waals surface area (Å²) in [6.07, 6.45) is 2.02. The molecule has 0 bridgehead atoms. The molecule has 0 aliphatic carbocycles. The maximum Gasteiger partial charge on any atom is 0.133 e. The Balaban J connectivity index is 2.68. The molecule has 2 rings (SSSR count). The van der Waals surface area contributed by atoms with Gasteiger partial charge in [0.25, 0.3) is 0 Å². The molecule has 1 heterocycles. The predicted molar refractivity (Wildman–Crippen MR) is 67.8 cm³/mol. The molecule has 15 heavy (non-hydrogen) atoms. The van der Waals surface area contributed by atoms with E-state index in [1.165, 1.54) is 0 Å². The lowest BCUT2D eigenvalue weighted by Gasteiger charge is -2.06. The number of rotatable bonds is 2. The van der Waals surface area contributed by atoms with E-state index >= 15 is 0 Å². The van der Waals surface area contributed by atoms with E-state index in [0.29, 0.717) is 0 Å². The van der Waals surface area contributed by atoms with Crippen LogP contribution < -0.4 is 4.74 Å². The molecule has 0 N–H and O–H groups in total. The maximum absolute atomic E-state index is 5.23. The van der Waals surface area contributed by atoms with Gasteiger partial charge in [-0.15, -0.1) is 11.8 Å². The first kappa shape index (κ1) is 10.8. The summed E-state index contributed by atoms with van der Waals surface area (Å²) in [5.41, 5.74) is 0.981. The van der Waals surface area contributed by atoms with Crippen molar-refractivity contribution < 1.29 is 4.74 Å². The molecule has 0 unspecified atom stereocenters. The van der Waals surface area contributed by atoms with Gasteiger partial charge < -0.3 is 4.74 Å². The van der Waals surface area contributed by atoms with Crippen molar-refractivity contribution >= 4 is 38.6 Å². The number of pyridine rings is 1. The summed E-state index contributed by atoms with van der Waals surface area (Å²) in [5.74, 6) is 0.834. The highest BCUT2D eigenvalue weighted by molar-refractivity contribution is 9.10. The van der Waals surface area contributed by atoms with Crippen LogP contribution in [0.1, 0.15) is 0 Å². The molecule has 0 atom stereocenters. The van der Waals surface area contributed by atoms with Crippen LogP contribution in [-0.2, 0) is 0 Å². The molecule has 1 aromatic carbocycles. The van der Waals surface area contributed by atoms with Gasteiger partial charge in [0.05, 0.1) is 22.1 Å². The van der Waals surface area contributed by atoms with Crippen LogP contribution in [-0.4, -0.2) is 18.3 Å². The molecule has 0 saturated heterocycles. The molecule has 2 nitrogen and oxygen atoms in total. The van der Waals surface area contributed by atoms with Crippen LogP contribution in [0.15, 0.2) is 33.8 Å². The third kappa shape index (κ3) is 1.96. The summed E-state index contributed by atoms with van der Waals surface area (Å²) in [5, 5.41) is 2.10. The molecular formula is C11H10BrNOS. The molecule has 78 valence electrons. The Morgan fingerprint density at radius 2 is 2.07 bits per heavy atom. The van der Waals surface area contributed by atoms with Crippen molar-refractivity contribution in [1.29, 1.82) is 0 Å². The average molecular weight is 284 g/mol. The van der Waals surface area contributed by atoms with Gasteiger partial charge >= 0.3 is 0 Å². The second-order valence-electron chi connectivity index (χ2n) is 3.00. The highest BCUT2D eigenvalue weighted by Crippen LogP contribution is 2.32. The summed E-state index contributed by atoms with van der Waals surface area (Å²) < 4.78 is 6.19. The number of hydrogen-bond acceptors (Lipinski definition) is 3. The number of thioether (sulfide) groups is 1. The standard InChI is InChI=1S/C11H10BrNOS/c1-14-9-5-4-8-7(11(9)12)3-6-10(13-8)15-2/h3-6H,1-2H3. The van der Waals surface area contributed by atoms with Crippen LogP contribution in [0.5, 0.6) is 5.75 Å². The molecule has 0 saturated carbocycles. The van der Waals surface area contributed by atoms with Crippen LogP contribution in [0.2, 0.25) is 0 Å². The number of methoxy groups -OCH3 is 1. The monoisotopic (exact) mass is 283 g/mol. The zero-order chi connectivity index (χ0) is 10.8. The quantitative estimate of drug-likeness (QED) is 0.784. The van der Waals surface area contributed by atoms with E-state index in [9.17, 15) is 0 Å². The minimum Gasteiger partial charge on any atom is -0.496 e. The third-order valence-corrected chi connectivity index (χ3v) is 3.64. The minimum atomic E-state index is 0.834. The average Bonchev–Trinajstić information content (AvgIpc) is 2.29. The molecule has 0 aliphatic heterocycles. The second-order valence-corrected chi connectivity index (χ2v) is 4.62. The molecule has 0 spiro atoms. The van der Waals surface area contributed by atoms with Crippen LogP contribution >= 0.6 is 27.7 Å². The van der Waals surface area contributed by atoms with E-state index in [2.05, 4.69) is 27.0 Å². The van der Waals surface area contributed by atoms with Crippen molar-refractivity contribution in [2.45, 2.75) is 5.03 Å². The summed E-state index contributed by atoms with van der Waals surface area (Å²) in [7, 11) is 1.66. The summed E-state index contributed by atoms with van der Waals surface area (Å²) >= 11 is 5.16. The van der Waals surface area contributed by atoms with Crippen molar-refractivity contribution in [3.05, 3.63) is 28.7 Å². The van der Waals surface area contributed by atoms with Crippen LogP contribution in [0.3, 0.4) is 0 Å². The lowest BCUT2D eigenvalue weighted by molar-refractivity contribution is 0.413. The fourth-order valence-corrected chi connectivity index (χ4v) is 2.42. The van der Waals surface area contributed by atoms with Crippen molar-refractivity contribution in [2.75, 3.05) is 13.4 Å². The summed E-state index contributed by atoms with van der Waals surface area (Å²) in [6.45, 7) is 0. The van der Waals surface area contributed by atoms with E-state index in [1.807, 2.05) is 24.5 Å². The summed E-state index contributed by atoms with van der Waals surface area (Å²) in [6, 6.07) is 7.96. The molecular weight excluding hydrogens is 274 g/mol. The van der Waals surface area contributed by atoms with E-state index < -0.39 is 0 Å². The van der Waals surface area contributed by atoms with Crippen LogP contribution in [0.25, 0.3) is 10.9 Å². The number of benzene rings is 1. The molecule has 1 aromatic heterocycles. The Kier molecular flexibility index (Phi) is 3.17. The fourth-order valence-electron chi connectivity index (χ4n) is 1.40. The van der Waals surface area contributed by atoms with E-state index in [-0.39, 0.29) is 0 Å². The maximum atomic E-state index is 5.23. The Hall–Kier alpha value is -0.740. The number of fused-ring (bicyclic) bond motifs is 1. The van der Waals surface area contributed by atoms with Crippen LogP contribution in [0, 0.1) is 0 Å². The van der Waals surface area contributed by atoms with Crippen molar-refractivity contribution in [1.82, 2.24) is 4.98 Å². The number of nitrogens with zero attached hydrogens (tertiary/aromatic N) is 1. The molecule has 0 aliphatic rings. The number of aromatic nitrogens is 1. The largest absolute Gasteiger partial charge is 0.496 e. The van der Waals surface area contributed by atoms with Gasteiger partial charge in [0, 0.05) is 5.39 Å². The van der Waals surface area contributed by atoms with E-state index in [0.717, 1.165) is 26.2 Å². The third-order valence-electron chi connectivity index (χ3n) is 2.17. The zero-order valence-electron chi connectivity index (χ0n) is 8.45. The highest BCUT2D eigenvalue weighted by Gasteiger charge is 2.06. The number of hydrogen-bond donors (Lipinski definition) is 0. The molecule has 0 radical (unpaired) electrons. The first-order chi connectivity index (χ1) is 7.26. The summed E-state index contributed by atoms with van der Waals surface area (Å²) in [4.78, 5) is 4.51. The van der Waals surface area contributed by atoms with Crippen molar-refractivity contribution in [2.24, 2.45) is 0 Å². The van der Waals surface area contributed by atoms with Gasteiger partial charge in [-0.2, -0.15) is 0 Å². The molecule has 4 heteroatoms. The Morgan fingerprint density at radius 3 is 2.73 bits per heavy atom. The Bertz CT molecular complexity index is 501. The lowest BCUT2D eigenvalue weighted by Crippen LogP contribution is -1.87. The highest BCUT2D eigenvalue weighted by atomic mass is 79.9. The minimum absolute atomic E-state index is 0.834. The van der Waals surface area contributed by atoms with Crippen molar-refractivity contribution in [3.8, 4) is 5.75 Å². The van der Waals surface area contributed by atoms with Gasteiger partial charge in [-0.05, 0) is 46.5 Å². The zero-order valence-corrected chi connectivity index (χ0v) is 10.9. The Labute approximate surface area is 101 Å². The molecule has 2 aromatic rings. The van der Waals surface area contributed by atoms with E-state index in [4.69, 9.17) is 4.74 Å². The number of halogens is 1. The second kappa shape index (κ2) is 4.41. The topological polar surface area (TPSA) is 22.1 Å². The van der Waals surface area contributed by atoms with Gasteiger partial charge in [-0.3, -0.25) is 0 Å². The SMILES string of the molecule is COc1ccc2nc(SC)ccc2c1Br. The van der Waals surface area contributed by atoms with Gasteiger partial charge in [0.15, 0.2) is 0 Å². The first-order valence-electron chi connectivity index (χ1n) is 4.43. The van der Waals surface area contributed by atoms with Gasteiger partial charge in [0.1, 0.15) is 5.75 Å². The fraction of sp³-hybridized carbons (Fsp3) is 0.182. The van der Waals surface area contributed by atoms with Crippen molar-refractivity contribution in [3.63, 3.8) is 0 Å². The van der Waals surface area contributed by atoms with Gasteiger partial charge in [-0.1, -0.05) is 0 Å². The van der Waals surface area contributed by atoms with Crippen LogP contribution in [0.4, 0.5) is 0 Å². The predicted octanol–water partition coefficient (Wildman–Crippen LogP) is 3.73. The first-order valence-corrected chi connectivity index (χ1v) is 6.45. The smallest absolute Gasteiger partial charge is 0.133 e. The molecule has 0 fully saturated rings. The number of ether oxygens (including phenoxy) is 1. The van der Waals surface area contributed by atoms with E-state index in [1.54, 1.807) is 18.9 Å². The Morgan fingerprint density at radius 1 is 1.27 bits per heavy atom. The lowest BCUT2D eigenvalue weighted by atomic mass is 10.2. The van der Waals surface area contributed by atoms with Gasteiger partial charge in [0.2, 0.25) is 0 Å².